The van der Waals surface area contributed by atoms with Gasteiger partial charge in [0.05, 0.1) is 15.5 Å². The zero-order valence-electron chi connectivity index (χ0n) is 17.7. The molecule has 0 radical (unpaired) electrons. The molecule has 2 aliphatic rings. The summed E-state index contributed by atoms with van der Waals surface area (Å²) >= 11 is 0. The van der Waals surface area contributed by atoms with Gasteiger partial charge in [-0.1, -0.05) is 12.1 Å². The number of ether oxygens (including phenoxy) is 1. The quantitative estimate of drug-likeness (QED) is 0.460. The Kier molecular flexibility index (Phi) is 6.25. The fraction of sp³-hybridized carbons (Fsp3) is 0.381. The summed E-state index contributed by atoms with van der Waals surface area (Å²) < 4.78 is 68.2. The summed E-state index contributed by atoms with van der Waals surface area (Å²) in [6.45, 7) is 0.414. The van der Waals surface area contributed by atoms with Crippen molar-refractivity contribution in [3.05, 3.63) is 58.1 Å². The number of non-ortho nitro benzene ring substituents is 1. The highest BCUT2D eigenvalue weighted by atomic mass is 32.2. The number of nitro groups is 1. The number of halogens is 3. The van der Waals surface area contributed by atoms with Crippen molar-refractivity contribution in [3.8, 4) is 5.75 Å². The normalized spacial score (nSPS) is 17.4. The van der Waals surface area contributed by atoms with Crippen molar-refractivity contribution < 1.29 is 36.0 Å². The maximum absolute atomic E-state index is 13.1. The van der Waals surface area contributed by atoms with Crippen LogP contribution in [0.1, 0.15) is 18.4 Å². The molecule has 0 atom stereocenters. The number of carbonyl (C=O) groups excluding carboxylic acids is 1. The van der Waals surface area contributed by atoms with Gasteiger partial charge in [-0.15, -0.1) is 13.2 Å². The van der Waals surface area contributed by atoms with Crippen LogP contribution in [-0.2, 0) is 21.2 Å². The van der Waals surface area contributed by atoms with Gasteiger partial charge in [0.15, 0.2) is 0 Å². The predicted octanol–water partition coefficient (Wildman–Crippen LogP) is 3.48. The lowest BCUT2D eigenvalue weighted by molar-refractivity contribution is -0.384. The molecule has 0 aliphatic carbocycles. The first-order chi connectivity index (χ1) is 16.0. The zero-order valence-corrected chi connectivity index (χ0v) is 18.5. The van der Waals surface area contributed by atoms with Crippen LogP contribution in [0.2, 0.25) is 0 Å². The lowest BCUT2D eigenvalue weighted by Crippen LogP contribution is -2.44. The van der Waals surface area contributed by atoms with Crippen LogP contribution >= 0.6 is 0 Å². The predicted molar refractivity (Wildman–Crippen MR) is 114 cm³/mol. The monoisotopic (exact) mass is 499 g/mol. The van der Waals surface area contributed by atoms with Crippen molar-refractivity contribution in [3.63, 3.8) is 0 Å². The standard InChI is InChI=1S/C21H20F3N3O6S/c22-21(23,24)33-17-2-1-3-18(13-17)34(31,32)25-9-6-15(7-10-25)20(28)26-11-8-14-4-5-16(27(29)30)12-19(14)26/h1-5,12-13,15H,6-11H2. The highest BCUT2D eigenvalue weighted by Crippen LogP contribution is 2.35. The summed E-state index contributed by atoms with van der Waals surface area (Å²) in [5, 5.41) is 11.1. The van der Waals surface area contributed by atoms with Gasteiger partial charge in [0, 0.05) is 43.8 Å². The first-order valence-electron chi connectivity index (χ1n) is 10.4. The third-order valence-corrected chi connectivity index (χ3v) is 7.82. The fourth-order valence-electron chi connectivity index (χ4n) is 4.25. The van der Waals surface area contributed by atoms with Crippen LogP contribution < -0.4 is 9.64 Å². The van der Waals surface area contributed by atoms with Crippen molar-refractivity contribution in [2.45, 2.75) is 30.5 Å². The van der Waals surface area contributed by atoms with Crippen LogP contribution in [0.25, 0.3) is 0 Å². The first-order valence-corrected chi connectivity index (χ1v) is 11.8. The molecule has 0 aromatic heterocycles. The van der Waals surface area contributed by atoms with Crippen LogP contribution in [0.4, 0.5) is 24.5 Å². The number of nitro benzene ring substituents is 1. The summed E-state index contributed by atoms with van der Waals surface area (Å²) in [4.78, 5) is 24.9. The minimum Gasteiger partial charge on any atom is -0.406 e. The third-order valence-electron chi connectivity index (χ3n) is 5.92. The van der Waals surface area contributed by atoms with Gasteiger partial charge in [-0.3, -0.25) is 14.9 Å². The SMILES string of the molecule is O=C(C1CCN(S(=O)(=O)c2cccc(OC(F)(F)F)c2)CC1)N1CCc2ccc([N+](=O)[O-])cc21. The van der Waals surface area contributed by atoms with E-state index in [2.05, 4.69) is 4.74 Å². The number of hydrogen-bond acceptors (Lipinski definition) is 6. The average molecular weight is 499 g/mol. The van der Waals surface area contributed by atoms with Crippen LogP contribution in [0.3, 0.4) is 0 Å². The number of anilines is 1. The van der Waals surface area contributed by atoms with E-state index in [9.17, 15) is 36.5 Å². The van der Waals surface area contributed by atoms with E-state index < -0.39 is 33.0 Å². The third kappa shape index (κ3) is 4.85. The van der Waals surface area contributed by atoms with E-state index in [0.717, 1.165) is 28.1 Å². The van der Waals surface area contributed by atoms with E-state index in [1.807, 2.05) is 0 Å². The van der Waals surface area contributed by atoms with E-state index in [1.165, 1.54) is 23.1 Å². The molecule has 4 rings (SSSR count). The Labute approximate surface area is 192 Å². The van der Waals surface area contributed by atoms with Gasteiger partial charge >= 0.3 is 6.36 Å². The molecule has 0 unspecified atom stereocenters. The molecule has 1 amide bonds. The van der Waals surface area contributed by atoms with Gasteiger partial charge in [-0.05, 0) is 37.0 Å². The molecule has 1 fully saturated rings. The van der Waals surface area contributed by atoms with Crippen molar-refractivity contribution in [2.24, 2.45) is 5.92 Å². The largest absolute Gasteiger partial charge is 0.573 e. The second kappa shape index (κ2) is 8.87. The van der Waals surface area contributed by atoms with Gasteiger partial charge in [0.2, 0.25) is 15.9 Å². The van der Waals surface area contributed by atoms with Gasteiger partial charge in [-0.2, -0.15) is 4.31 Å². The van der Waals surface area contributed by atoms with Crippen molar-refractivity contribution in [1.29, 1.82) is 0 Å². The number of fused-ring (bicyclic) bond motifs is 1. The van der Waals surface area contributed by atoms with Crippen molar-refractivity contribution in [2.75, 3.05) is 24.5 Å². The number of carbonyl (C=O) groups is 1. The fourth-order valence-corrected chi connectivity index (χ4v) is 5.76. The number of sulfonamides is 1. The van der Waals surface area contributed by atoms with Crippen LogP contribution in [0, 0.1) is 16.0 Å². The van der Waals surface area contributed by atoms with Crippen LogP contribution in [0.5, 0.6) is 5.75 Å². The minimum atomic E-state index is -4.95. The van der Waals surface area contributed by atoms with E-state index in [0.29, 0.717) is 18.7 Å². The molecular weight excluding hydrogens is 479 g/mol. The van der Waals surface area contributed by atoms with E-state index in [1.54, 1.807) is 6.07 Å². The number of alkyl halides is 3. The maximum atomic E-state index is 13.1. The number of hydrogen-bond donors (Lipinski definition) is 0. The molecule has 34 heavy (non-hydrogen) atoms. The maximum Gasteiger partial charge on any atom is 0.573 e. The Hall–Kier alpha value is -3.19. The van der Waals surface area contributed by atoms with Crippen molar-refractivity contribution >= 4 is 27.3 Å². The van der Waals surface area contributed by atoms with E-state index in [4.69, 9.17) is 0 Å². The van der Waals surface area contributed by atoms with Gasteiger partial charge < -0.3 is 9.64 Å². The van der Waals surface area contributed by atoms with E-state index in [-0.39, 0.29) is 42.4 Å². The van der Waals surface area contributed by atoms with Crippen molar-refractivity contribution in [1.82, 2.24) is 4.31 Å². The number of rotatable bonds is 5. The Morgan fingerprint density at radius 1 is 1.09 bits per heavy atom. The zero-order chi connectivity index (χ0) is 24.7. The first kappa shape index (κ1) is 24.0. The smallest absolute Gasteiger partial charge is 0.406 e. The molecule has 0 bridgehead atoms. The Balaban J connectivity index is 1.44. The summed E-state index contributed by atoms with van der Waals surface area (Å²) in [7, 11) is -4.09. The summed E-state index contributed by atoms with van der Waals surface area (Å²) in [6.07, 6.45) is -3.94. The Bertz CT molecular complexity index is 1230. The summed E-state index contributed by atoms with van der Waals surface area (Å²) in [6, 6.07) is 8.56. The number of amides is 1. The van der Waals surface area contributed by atoms with E-state index >= 15 is 0 Å². The molecule has 0 spiro atoms. The number of benzene rings is 2. The molecule has 13 heteroatoms. The summed E-state index contributed by atoms with van der Waals surface area (Å²) in [5.74, 6) is -1.34. The summed E-state index contributed by atoms with van der Waals surface area (Å²) in [5.41, 5.74) is 1.21. The Morgan fingerprint density at radius 3 is 2.44 bits per heavy atom. The molecular formula is C21H20F3N3O6S. The second-order valence-electron chi connectivity index (χ2n) is 8.01. The van der Waals surface area contributed by atoms with Gasteiger partial charge in [0.25, 0.3) is 5.69 Å². The molecule has 0 saturated carbocycles. The molecule has 182 valence electrons. The average Bonchev–Trinajstić information content (AvgIpc) is 3.21. The number of piperidine rings is 1. The topological polar surface area (TPSA) is 110 Å². The lowest BCUT2D eigenvalue weighted by Gasteiger charge is -2.32. The highest BCUT2D eigenvalue weighted by Gasteiger charge is 2.37. The van der Waals surface area contributed by atoms with Gasteiger partial charge in [-0.25, -0.2) is 8.42 Å². The van der Waals surface area contributed by atoms with Gasteiger partial charge in [0.1, 0.15) is 5.75 Å². The molecule has 2 aromatic rings. The molecule has 1 saturated heterocycles. The molecule has 0 N–H and O–H groups in total. The molecule has 2 heterocycles. The van der Waals surface area contributed by atoms with Crippen LogP contribution in [-0.4, -0.2) is 49.6 Å². The second-order valence-corrected chi connectivity index (χ2v) is 9.95. The highest BCUT2D eigenvalue weighted by molar-refractivity contribution is 7.89. The molecule has 2 aromatic carbocycles. The lowest BCUT2D eigenvalue weighted by atomic mass is 9.96. The minimum absolute atomic E-state index is 0.0126. The van der Waals surface area contributed by atoms with Crippen LogP contribution in [0.15, 0.2) is 47.4 Å². The number of nitrogens with zero attached hydrogens (tertiary/aromatic N) is 3. The molecule has 2 aliphatic heterocycles. The Morgan fingerprint density at radius 2 is 1.79 bits per heavy atom. The molecule has 9 nitrogen and oxygen atoms in total.